The SMILES string of the molecule is CCCCCCCC(CCCCCCC)(CCCCC(CCCCCCC)(CCCCCCC)C(CCCCCCC)(CCCCCCC)C(CCCCCCC)(CCCCCCC)CCCCCCC)C(=O)OCC. The van der Waals surface area contributed by atoms with Gasteiger partial charge in [0.25, 0.3) is 0 Å². The van der Waals surface area contributed by atoms with Gasteiger partial charge >= 0.3 is 5.97 Å². The fourth-order valence-corrected chi connectivity index (χ4v) is 15.4. The molecule has 0 fully saturated rings. The Morgan fingerprint density at radius 2 is 0.395 bits per heavy atom. The number of hydrogen-bond donors (Lipinski definition) is 0. The van der Waals surface area contributed by atoms with Crippen LogP contribution < -0.4 is 0 Å². The first-order valence-corrected chi connectivity index (χ1v) is 36.4. The molecule has 0 rings (SSSR count). The highest BCUT2D eigenvalue weighted by atomic mass is 16.5. The lowest BCUT2D eigenvalue weighted by Gasteiger charge is -2.64. The number of rotatable bonds is 63. The standard InChI is InChI=1S/C74H148O2/c1-11-21-30-39-48-59-71(70(75)76-20-10,60-49-40-31-22-12-2)61-57-58-67-73(65-53-44-35-26-16-6,66-54-45-36-27-17-7)74(68-55-46-37-28-18-8,69-56-47-38-29-19-9)72(62-50-41-32-23-13-3,63-51-42-33-24-14-4)64-52-43-34-25-15-5/h11-69H2,1-10H3. The Morgan fingerprint density at radius 3 is 0.605 bits per heavy atom. The fraction of sp³-hybridized carbons (Fsp3) is 0.986. The van der Waals surface area contributed by atoms with E-state index in [0.717, 1.165) is 19.3 Å². The van der Waals surface area contributed by atoms with E-state index in [4.69, 9.17) is 4.74 Å². The zero-order valence-electron chi connectivity index (χ0n) is 55.0. The molecule has 0 unspecified atom stereocenters. The van der Waals surface area contributed by atoms with Crippen molar-refractivity contribution >= 4 is 5.97 Å². The highest BCUT2D eigenvalue weighted by Crippen LogP contribution is 2.69. The summed E-state index contributed by atoms with van der Waals surface area (Å²) in [6.07, 6.45) is 79.5. The Kier molecular flexibility index (Phi) is 53.4. The topological polar surface area (TPSA) is 26.3 Å². The molecule has 0 atom stereocenters. The third-order valence-electron chi connectivity index (χ3n) is 20.0. The monoisotopic (exact) mass is 1070 g/mol. The van der Waals surface area contributed by atoms with E-state index in [1.165, 1.54) is 353 Å². The minimum Gasteiger partial charge on any atom is -0.466 e. The van der Waals surface area contributed by atoms with Gasteiger partial charge in [-0.2, -0.15) is 0 Å². The van der Waals surface area contributed by atoms with E-state index >= 15 is 0 Å². The van der Waals surface area contributed by atoms with Gasteiger partial charge in [-0.1, -0.05) is 364 Å². The third kappa shape index (κ3) is 33.4. The van der Waals surface area contributed by atoms with Gasteiger partial charge in [0, 0.05) is 0 Å². The van der Waals surface area contributed by atoms with Crippen molar-refractivity contribution in [2.75, 3.05) is 6.61 Å². The Bertz CT molecular complexity index is 1090. The van der Waals surface area contributed by atoms with E-state index in [9.17, 15) is 4.79 Å². The van der Waals surface area contributed by atoms with Gasteiger partial charge in [-0.3, -0.25) is 4.79 Å². The minimum absolute atomic E-state index is 0.167. The Balaban J connectivity index is 8.59. The van der Waals surface area contributed by atoms with E-state index in [0.29, 0.717) is 22.9 Å². The molecular formula is C74H148O2. The van der Waals surface area contributed by atoms with Crippen molar-refractivity contribution in [2.24, 2.45) is 21.7 Å². The fourth-order valence-electron chi connectivity index (χ4n) is 15.4. The maximum Gasteiger partial charge on any atom is 0.312 e. The lowest BCUT2D eigenvalue weighted by Crippen LogP contribution is -2.54. The lowest BCUT2D eigenvalue weighted by atomic mass is 9.41. The zero-order valence-corrected chi connectivity index (χ0v) is 55.0. The van der Waals surface area contributed by atoms with E-state index in [1.54, 1.807) is 0 Å². The van der Waals surface area contributed by atoms with Crippen molar-refractivity contribution in [3.05, 3.63) is 0 Å². The molecule has 456 valence electrons. The van der Waals surface area contributed by atoms with Gasteiger partial charge < -0.3 is 4.74 Å². The Hall–Kier alpha value is -0.530. The second-order valence-electron chi connectivity index (χ2n) is 26.3. The van der Waals surface area contributed by atoms with E-state index in [1.807, 2.05) is 0 Å². The number of esters is 1. The molecule has 0 saturated heterocycles. The van der Waals surface area contributed by atoms with Crippen LogP contribution in [0.1, 0.15) is 442 Å². The first-order valence-electron chi connectivity index (χ1n) is 36.4. The van der Waals surface area contributed by atoms with Crippen LogP contribution in [0.2, 0.25) is 0 Å². The van der Waals surface area contributed by atoms with Crippen LogP contribution in [-0.4, -0.2) is 12.6 Å². The number of unbranched alkanes of at least 4 members (excludes halogenated alkanes) is 37. The van der Waals surface area contributed by atoms with Crippen LogP contribution in [0.25, 0.3) is 0 Å². The summed E-state index contributed by atoms with van der Waals surface area (Å²) < 4.78 is 6.22. The van der Waals surface area contributed by atoms with Crippen LogP contribution in [0.3, 0.4) is 0 Å². The first-order chi connectivity index (χ1) is 37.2. The summed E-state index contributed by atoms with van der Waals surface area (Å²) in [5.74, 6) is 0.167. The predicted molar refractivity (Wildman–Crippen MR) is 345 cm³/mol. The maximum atomic E-state index is 14.7. The third-order valence-corrected chi connectivity index (χ3v) is 20.0. The van der Waals surface area contributed by atoms with E-state index in [-0.39, 0.29) is 11.4 Å². The van der Waals surface area contributed by atoms with Crippen LogP contribution in [0.15, 0.2) is 0 Å². The average molecular weight is 1070 g/mol. The first kappa shape index (κ1) is 75.5. The van der Waals surface area contributed by atoms with E-state index < -0.39 is 0 Å². The van der Waals surface area contributed by atoms with Gasteiger partial charge in [-0.05, 0) is 93.8 Å². The van der Waals surface area contributed by atoms with Gasteiger partial charge in [0.05, 0.1) is 12.0 Å². The normalized spacial score (nSPS) is 12.6. The van der Waals surface area contributed by atoms with Gasteiger partial charge in [-0.15, -0.1) is 0 Å². The summed E-state index contributed by atoms with van der Waals surface area (Å²) in [7, 11) is 0. The molecule has 0 aromatic carbocycles. The second kappa shape index (κ2) is 53.8. The molecule has 2 heteroatoms. The van der Waals surface area contributed by atoms with Crippen molar-refractivity contribution in [1.82, 2.24) is 0 Å². The quantitative estimate of drug-likeness (QED) is 0.0448. The average Bonchev–Trinajstić information content (AvgIpc) is 3.42. The summed E-state index contributed by atoms with van der Waals surface area (Å²) in [5.41, 5.74) is 0.813. The van der Waals surface area contributed by atoms with Crippen molar-refractivity contribution < 1.29 is 9.53 Å². The van der Waals surface area contributed by atoms with Crippen molar-refractivity contribution in [2.45, 2.75) is 442 Å². The number of carbonyl (C=O) groups is 1. The minimum atomic E-state index is -0.313. The molecule has 76 heavy (non-hydrogen) atoms. The van der Waals surface area contributed by atoms with Gasteiger partial charge in [0.2, 0.25) is 0 Å². The lowest BCUT2D eigenvalue weighted by molar-refractivity contribution is -0.157. The van der Waals surface area contributed by atoms with Crippen molar-refractivity contribution in [1.29, 1.82) is 0 Å². The van der Waals surface area contributed by atoms with Crippen molar-refractivity contribution in [3.63, 3.8) is 0 Å². The second-order valence-corrected chi connectivity index (χ2v) is 26.3. The van der Waals surface area contributed by atoms with Gasteiger partial charge in [-0.25, -0.2) is 0 Å². The zero-order chi connectivity index (χ0) is 56.0. The van der Waals surface area contributed by atoms with Crippen LogP contribution in [0, 0.1) is 21.7 Å². The number of hydrogen-bond acceptors (Lipinski definition) is 2. The molecule has 0 saturated carbocycles. The van der Waals surface area contributed by atoms with Crippen molar-refractivity contribution in [3.8, 4) is 0 Å². The molecule has 0 heterocycles. The van der Waals surface area contributed by atoms with Crippen LogP contribution >= 0.6 is 0 Å². The predicted octanol–water partition coefficient (Wildman–Crippen LogP) is 27.3. The van der Waals surface area contributed by atoms with Crippen LogP contribution in [0.5, 0.6) is 0 Å². The molecule has 0 N–H and O–H groups in total. The molecule has 0 radical (unpaired) electrons. The molecule has 0 spiro atoms. The molecule has 0 aromatic heterocycles. The molecule has 0 aliphatic heterocycles. The molecular weight excluding hydrogens is 921 g/mol. The van der Waals surface area contributed by atoms with Gasteiger partial charge in [0.1, 0.15) is 0 Å². The maximum absolute atomic E-state index is 14.7. The highest BCUT2D eigenvalue weighted by Gasteiger charge is 2.59. The summed E-state index contributed by atoms with van der Waals surface area (Å²) in [6, 6.07) is 0. The summed E-state index contributed by atoms with van der Waals surface area (Å²) in [6.45, 7) is 24.2. The summed E-state index contributed by atoms with van der Waals surface area (Å²) >= 11 is 0. The molecule has 0 aromatic rings. The van der Waals surface area contributed by atoms with Crippen LogP contribution in [0.4, 0.5) is 0 Å². The molecule has 2 nitrogen and oxygen atoms in total. The largest absolute Gasteiger partial charge is 0.466 e. The van der Waals surface area contributed by atoms with E-state index in [2.05, 4.69) is 69.2 Å². The summed E-state index contributed by atoms with van der Waals surface area (Å²) in [5, 5.41) is 0. The Morgan fingerprint density at radius 1 is 0.224 bits per heavy atom. The Labute approximate surface area is 483 Å². The highest BCUT2D eigenvalue weighted by molar-refractivity contribution is 5.76. The molecule has 0 bridgehead atoms. The molecule has 0 amide bonds. The number of ether oxygens (including phenoxy) is 1. The molecule has 0 aliphatic rings. The smallest absolute Gasteiger partial charge is 0.312 e. The number of carbonyl (C=O) groups excluding carboxylic acids is 1. The summed E-state index contributed by atoms with van der Waals surface area (Å²) in [4.78, 5) is 14.7. The van der Waals surface area contributed by atoms with Gasteiger partial charge in [0.15, 0.2) is 0 Å². The van der Waals surface area contributed by atoms with Crippen LogP contribution in [-0.2, 0) is 9.53 Å². The molecule has 0 aliphatic carbocycles.